The highest BCUT2D eigenvalue weighted by Crippen LogP contribution is 2.35. The van der Waals surface area contributed by atoms with E-state index in [1.165, 1.54) is 0 Å². The van der Waals surface area contributed by atoms with E-state index in [1.807, 2.05) is 39.8 Å². The van der Waals surface area contributed by atoms with E-state index in [4.69, 9.17) is 9.47 Å². The first-order chi connectivity index (χ1) is 12.6. The van der Waals surface area contributed by atoms with Crippen molar-refractivity contribution in [3.63, 3.8) is 0 Å². The van der Waals surface area contributed by atoms with Gasteiger partial charge in [0.1, 0.15) is 5.60 Å². The van der Waals surface area contributed by atoms with Crippen LogP contribution in [0.2, 0.25) is 0 Å². The van der Waals surface area contributed by atoms with Gasteiger partial charge in [-0.25, -0.2) is 4.79 Å². The van der Waals surface area contributed by atoms with Crippen molar-refractivity contribution in [2.45, 2.75) is 72.3 Å². The van der Waals surface area contributed by atoms with E-state index in [-0.39, 0.29) is 18.0 Å². The Hall–Kier alpha value is -2.04. The Morgan fingerprint density at radius 3 is 2.52 bits per heavy atom. The first kappa shape index (κ1) is 21.3. The van der Waals surface area contributed by atoms with Gasteiger partial charge in [-0.2, -0.15) is 0 Å². The van der Waals surface area contributed by atoms with Crippen LogP contribution in [0.5, 0.6) is 0 Å². The van der Waals surface area contributed by atoms with Gasteiger partial charge in [-0.1, -0.05) is 26.0 Å². The van der Waals surface area contributed by atoms with Crippen LogP contribution in [0.1, 0.15) is 71.4 Å². The van der Waals surface area contributed by atoms with E-state index in [2.05, 4.69) is 19.9 Å². The number of carbonyl (C=O) groups is 2. The molecule has 0 bridgehead atoms. The second kappa shape index (κ2) is 8.77. The highest BCUT2D eigenvalue weighted by atomic mass is 16.6. The van der Waals surface area contributed by atoms with E-state index >= 15 is 0 Å². The number of nitrogens with zero attached hydrogens (tertiary/aromatic N) is 1. The average Bonchev–Trinajstić information content (AvgIpc) is 2.95. The minimum absolute atomic E-state index is 0.130. The molecule has 1 aromatic rings. The molecule has 5 nitrogen and oxygen atoms in total. The van der Waals surface area contributed by atoms with Gasteiger partial charge in [-0.3, -0.25) is 9.69 Å². The number of hydrogen-bond acceptors (Lipinski definition) is 4. The summed E-state index contributed by atoms with van der Waals surface area (Å²) in [6.07, 6.45) is 1.81. The molecule has 2 rings (SSSR count). The van der Waals surface area contributed by atoms with Gasteiger partial charge in [-0.05, 0) is 69.6 Å². The normalized spacial score (nSPS) is 14.9. The SMILES string of the molecule is CCOC(=O)CC(CC(C)C)c1ccc2c(c1)CCN2C(=O)OC(C)(C)C. The third-order valence-electron chi connectivity index (χ3n) is 4.56. The highest BCUT2D eigenvalue weighted by molar-refractivity contribution is 5.90. The molecule has 150 valence electrons. The smallest absolute Gasteiger partial charge is 0.414 e. The summed E-state index contributed by atoms with van der Waals surface area (Å²) >= 11 is 0. The van der Waals surface area contributed by atoms with Crippen LogP contribution in [0.15, 0.2) is 18.2 Å². The third kappa shape index (κ3) is 5.98. The molecule has 27 heavy (non-hydrogen) atoms. The number of benzene rings is 1. The van der Waals surface area contributed by atoms with Crippen molar-refractivity contribution < 1.29 is 19.1 Å². The lowest BCUT2D eigenvalue weighted by molar-refractivity contribution is -0.143. The summed E-state index contributed by atoms with van der Waals surface area (Å²) in [6.45, 7) is 12.8. The fourth-order valence-corrected chi connectivity index (χ4v) is 3.51. The predicted octanol–water partition coefficient (Wildman–Crippen LogP) is 5.07. The molecule has 0 saturated carbocycles. The summed E-state index contributed by atoms with van der Waals surface area (Å²) in [5.41, 5.74) is 2.67. The molecule has 0 aromatic heterocycles. The van der Waals surface area contributed by atoms with E-state index in [1.54, 1.807) is 4.90 Å². The maximum atomic E-state index is 12.4. The first-order valence-corrected chi connectivity index (χ1v) is 9.89. The molecule has 5 heteroatoms. The first-order valence-electron chi connectivity index (χ1n) is 9.89. The molecule has 0 aliphatic carbocycles. The standard InChI is InChI=1S/C22H33NO4/c1-7-26-20(24)14-18(12-15(2)3)16-8-9-19-17(13-16)10-11-23(19)21(25)27-22(4,5)6/h8-9,13,15,18H,7,10-12,14H2,1-6H3. The van der Waals surface area contributed by atoms with Crippen LogP contribution in [0.4, 0.5) is 10.5 Å². The summed E-state index contributed by atoms with van der Waals surface area (Å²) in [4.78, 5) is 26.2. The Morgan fingerprint density at radius 1 is 1.22 bits per heavy atom. The maximum Gasteiger partial charge on any atom is 0.414 e. The quantitative estimate of drug-likeness (QED) is 0.652. The second-order valence-electron chi connectivity index (χ2n) is 8.61. The van der Waals surface area contributed by atoms with Crippen LogP contribution in [0, 0.1) is 5.92 Å². The van der Waals surface area contributed by atoms with E-state index in [0.717, 1.165) is 29.7 Å². The Labute approximate surface area is 163 Å². The average molecular weight is 376 g/mol. The third-order valence-corrected chi connectivity index (χ3v) is 4.56. The Balaban J connectivity index is 2.20. The van der Waals surface area contributed by atoms with Crippen molar-refractivity contribution >= 4 is 17.7 Å². The highest BCUT2D eigenvalue weighted by Gasteiger charge is 2.30. The van der Waals surface area contributed by atoms with Gasteiger partial charge in [-0.15, -0.1) is 0 Å². The number of fused-ring (bicyclic) bond motifs is 1. The minimum atomic E-state index is -0.512. The molecule has 0 spiro atoms. The molecule has 1 aliphatic heterocycles. The number of ether oxygens (including phenoxy) is 2. The molecule has 1 heterocycles. The van der Waals surface area contributed by atoms with Crippen molar-refractivity contribution in [2.75, 3.05) is 18.1 Å². The number of carbonyl (C=O) groups excluding carboxylic acids is 2. The Kier molecular flexibility index (Phi) is 6.90. The zero-order valence-corrected chi connectivity index (χ0v) is 17.5. The van der Waals surface area contributed by atoms with Crippen LogP contribution in [-0.4, -0.2) is 30.8 Å². The molecule has 1 aromatic carbocycles. The van der Waals surface area contributed by atoms with Crippen molar-refractivity contribution in [2.24, 2.45) is 5.92 Å². The van der Waals surface area contributed by atoms with Gasteiger partial charge < -0.3 is 9.47 Å². The van der Waals surface area contributed by atoms with Crippen LogP contribution < -0.4 is 4.90 Å². The van der Waals surface area contributed by atoms with Crippen LogP contribution in [0.25, 0.3) is 0 Å². The summed E-state index contributed by atoms with van der Waals surface area (Å²) < 4.78 is 10.7. The number of anilines is 1. The van der Waals surface area contributed by atoms with Crippen molar-refractivity contribution in [3.8, 4) is 0 Å². The topological polar surface area (TPSA) is 55.8 Å². The monoisotopic (exact) mass is 375 g/mol. The van der Waals surface area contributed by atoms with Gasteiger partial charge in [0, 0.05) is 6.54 Å². The zero-order valence-electron chi connectivity index (χ0n) is 17.5. The van der Waals surface area contributed by atoms with Crippen molar-refractivity contribution in [3.05, 3.63) is 29.3 Å². The van der Waals surface area contributed by atoms with Gasteiger partial charge >= 0.3 is 12.1 Å². The largest absolute Gasteiger partial charge is 0.466 e. The number of hydrogen-bond donors (Lipinski definition) is 0. The van der Waals surface area contributed by atoms with Crippen LogP contribution >= 0.6 is 0 Å². The van der Waals surface area contributed by atoms with Gasteiger partial charge in [0.2, 0.25) is 0 Å². The van der Waals surface area contributed by atoms with E-state index in [0.29, 0.717) is 25.5 Å². The summed E-state index contributed by atoms with van der Waals surface area (Å²) in [7, 11) is 0. The molecule has 1 unspecified atom stereocenters. The molecule has 0 N–H and O–H groups in total. The molecule has 0 saturated heterocycles. The molecule has 0 radical (unpaired) electrons. The van der Waals surface area contributed by atoms with Crippen LogP contribution in [0.3, 0.4) is 0 Å². The summed E-state index contributed by atoms with van der Waals surface area (Å²) in [5.74, 6) is 0.458. The fourth-order valence-electron chi connectivity index (χ4n) is 3.51. The Morgan fingerprint density at radius 2 is 1.93 bits per heavy atom. The Bertz CT molecular complexity index is 675. The molecule has 0 fully saturated rings. The maximum absolute atomic E-state index is 12.4. The molecule has 1 atom stereocenters. The van der Waals surface area contributed by atoms with Crippen molar-refractivity contribution in [1.29, 1.82) is 0 Å². The molecule has 1 amide bonds. The molecular formula is C22H33NO4. The second-order valence-corrected chi connectivity index (χ2v) is 8.61. The molecular weight excluding hydrogens is 342 g/mol. The van der Waals surface area contributed by atoms with Crippen LogP contribution in [-0.2, 0) is 20.7 Å². The van der Waals surface area contributed by atoms with Crippen molar-refractivity contribution in [1.82, 2.24) is 0 Å². The van der Waals surface area contributed by atoms with Gasteiger partial charge in [0.05, 0.1) is 18.7 Å². The lowest BCUT2D eigenvalue weighted by atomic mass is 9.87. The molecule has 1 aliphatic rings. The predicted molar refractivity (Wildman–Crippen MR) is 107 cm³/mol. The number of amides is 1. The summed E-state index contributed by atoms with van der Waals surface area (Å²) in [5, 5.41) is 0. The lowest BCUT2D eigenvalue weighted by Crippen LogP contribution is -2.35. The number of rotatable bonds is 6. The minimum Gasteiger partial charge on any atom is -0.466 e. The lowest BCUT2D eigenvalue weighted by Gasteiger charge is -2.25. The van der Waals surface area contributed by atoms with E-state index in [9.17, 15) is 9.59 Å². The van der Waals surface area contributed by atoms with Gasteiger partial charge in [0.15, 0.2) is 0 Å². The zero-order chi connectivity index (χ0) is 20.2. The number of esters is 1. The summed E-state index contributed by atoms with van der Waals surface area (Å²) in [6, 6.07) is 6.17. The van der Waals surface area contributed by atoms with Gasteiger partial charge in [0.25, 0.3) is 0 Å². The van der Waals surface area contributed by atoms with E-state index < -0.39 is 5.60 Å². The fraction of sp³-hybridized carbons (Fsp3) is 0.636.